The summed E-state index contributed by atoms with van der Waals surface area (Å²) in [7, 11) is -0.598. The predicted octanol–water partition coefficient (Wildman–Crippen LogP) is 3.80. The number of carbonyl (C=O) groups is 1. The third-order valence-corrected chi connectivity index (χ3v) is 7.38. The van der Waals surface area contributed by atoms with E-state index in [1.165, 1.54) is 43.9 Å². The van der Waals surface area contributed by atoms with E-state index in [1.54, 1.807) is 18.2 Å². The molecule has 0 spiro atoms. The van der Waals surface area contributed by atoms with Crippen LogP contribution in [0.3, 0.4) is 0 Å². The summed E-state index contributed by atoms with van der Waals surface area (Å²) in [6, 6.07) is 12.0. The molecule has 4 rings (SSSR count). The molecule has 2 N–H and O–H groups in total. The molecule has 3 aromatic rings. The maximum absolute atomic E-state index is 12.8. The van der Waals surface area contributed by atoms with E-state index >= 15 is 0 Å². The molecule has 1 aliphatic carbocycles. The zero-order valence-electron chi connectivity index (χ0n) is 16.8. The average molecular weight is 412 g/mol. The SMILES string of the molecule is C[C@H]1CCc2[nH]c3ccc(C(=O)Nc4cccc(S(=O)(=O)N(C)C)c4)cc3c2C1. The minimum atomic E-state index is -3.56. The van der Waals surface area contributed by atoms with Crippen LogP contribution in [0, 0.1) is 5.92 Å². The van der Waals surface area contributed by atoms with Crippen LogP contribution in [0.4, 0.5) is 5.69 Å². The van der Waals surface area contributed by atoms with Crippen molar-refractivity contribution in [3.8, 4) is 0 Å². The monoisotopic (exact) mass is 411 g/mol. The standard InChI is InChI=1S/C22H25N3O3S/c1-14-7-9-20-18(11-14)19-12-15(8-10-21(19)24-20)22(26)23-16-5-4-6-17(13-16)29(27,28)25(2)3/h4-6,8,10,12-14,24H,7,9,11H2,1-3H3,(H,23,26)/t14-/m0/s1. The van der Waals surface area contributed by atoms with Gasteiger partial charge in [-0.1, -0.05) is 13.0 Å². The topological polar surface area (TPSA) is 82.3 Å². The second-order valence-electron chi connectivity index (χ2n) is 7.96. The van der Waals surface area contributed by atoms with Crippen LogP contribution in [-0.4, -0.2) is 37.7 Å². The Morgan fingerprint density at radius 1 is 1.17 bits per heavy atom. The molecule has 6 nitrogen and oxygen atoms in total. The van der Waals surface area contributed by atoms with Gasteiger partial charge in [0.05, 0.1) is 4.90 Å². The van der Waals surface area contributed by atoms with Gasteiger partial charge >= 0.3 is 0 Å². The van der Waals surface area contributed by atoms with Gasteiger partial charge in [0.1, 0.15) is 0 Å². The molecule has 0 bridgehead atoms. The minimum absolute atomic E-state index is 0.143. The Bertz CT molecular complexity index is 1200. The fraction of sp³-hybridized carbons (Fsp3) is 0.318. The van der Waals surface area contributed by atoms with Crippen LogP contribution < -0.4 is 5.32 Å². The summed E-state index contributed by atoms with van der Waals surface area (Å²) in [5.74, 6) is 0.380. The quantitative estimate of drug-likeness (QED) is 0.685. The van der Waals surface area contributed by atoms with Crippen molar-refractivity contribution in [2.24, 2.45) is 5.92 Å². The first-order chi connectivity index (χ1) is 13.8. The van der Waals surface area contributed by atoms with E-state index in [0.717, 1.165) is 28.0 Å². The Kier molecular flexibility index (Phi) is 4.96. The summed E-state index contributed by atoms with van der Waals surface area (Å²) in [6.07, 6.45) is 3.24. The minimum Gasteiger partial charge on any atom is -0.358 e. The molecule has 2 aromatic carbocycles. The number of fused-ring (bicyclic) bond motifs is 3. The van der Waals surface area contributed by atoms with Crippen molar-refractivity contribution in [2.45, 2.75) is 31.1 Å². The number of aromatic nitrogens is 1. The van der Waals surface area contributed by atoms with Gasteiger partial charge in [-0.3, -0.25) is 4.79 Å². The number of hydrogen-bond acceptors (Lipinski definition) is 3. The van der Waals surface area contributed by atoms with Crippen molar-refractivity contribution in [1.29, 1.82) is 0 Å². The number of H-pyrrole nitrogens is 1. The molecule has 0 saturated carbocycles. The van der Waals surface area contributed by atoms with Crippen LogP contribution in [0.5, 0.6) is 0 Å². The Labute approximate surface area is 171 Å². The van der Waals surface area contributed by atoms with Crippen LogP contribution in [0.15, 0.2) is 47.4 Å². The summed E-state index contributed by atoms with van der Waals surface area (Å²) < 4.78 is 25.8. The maximum atomic E-state index is 12.8. The van der Waals surface area contributed by atoms with Gasteiger partial charge in [-0.05, 0) is 67.1 Å². The van der Waals surface area contributed by atoms with Crippen LogP contribution >= 0.6 is 0 Å². The third kappa shape index (κ3) is 3.68. The molecule has 1 aromatic heterocycles. The molecule has 7 heteroatoms. The fourth-order valence-corrected chi connectivity index (χ4v) is 4.83. The summed E-state index contributed by atoms with van der Waals surface area (Å²) >= 11 is 0. The first-order valence-corrected chi connectivity index (χ1v) is 11.2. The van der Waals surface area contributed by atoms with E-state index in [2.05, 4.69) is 17.2 Å². The normalized spacial score (nSPS) is 16.8. The first kappa shape index (κ1) is 19.7. The molecule has 1 amide bonds. The Morgan fingerprint density at radius 3 is 2.72 bits per heavy atom. The van der Waals surface area contributed by atoms with Gasteiger partial charge in [0.2, 0.25) is 10.0 Å². The largest absolute Gasteiger partial charge is 0.358 e. The van der Waals surface area contributed by atoms with E-state index in [1.807, 2.05) is 12.1 Å². The lowest BCUT2D eigenvalue weighted by atomic mass is 9.87. The number of anilines is 1. The number of aryl methyl sites for hydroxylation is 1. The molecule has 0 unspecified atom stereocenters. The van der Waals surface area contributed by atoms with E-state index in [4.69, 9.17) is 0 Å². The molecular weight excluding hydrogens is 386 g/mol. The van der Waals surface area contributed by atoms with E-state index in [-0.39, 0.29) is 10.8 Å². The highest BCUT2D eigenvalue weighted by Gasteiger charge is 2.21. The van der Waals surface area contributed by atoms with E-state index < -0.39 is 10.0 Å². The molecule has 0 radical (unpaired) electrons. The number of sulfonamides is 1. The molecule has 29 heavy (non-hydrogen) atoms. The highest BCUT2D eigenvalue weighted by Crippen LogP contribution is 2.32. The van der Waals surface area contributed by atoms with Crippen molar-refractivity contribution in [1.82, 2.24) is 9.29 Å². The maximum Gasteiger partial charge on any atom is 0.255 e. The summed E-state index contributed by atoms with van der Waals surface area (Å²) in [6.45, 7) is 2.26. The van der Waals surface area contributed by atoms with Crippen molar-refractivity contribution in [3.05, 3.63) is 59.3 Å². The van der Waals surface area contributed by atoms with Crippen LogP contribution in [0.1, 0.15) is 35.0 Å². The van der Waals surface area contributed by atoms with Gasteiger partial charge in [0, 0.05) is 41.9 Å². The van der Waals surface area contributed by atoms with Gasteiger partial charge < -0.3 is 10.3 Å². The number of hydrogen-bond donors (Lipinski definition) is 2. The summed E-state index contributed by atoms with van der Waals surface area (Å²) in [5, 5.41) is 3.92. The summed E-state index contributed by atoms with van der Waals surface area (Å²) in [4.78, 5) is 16.5. The predicted molar refractivity (Wildman–Crippen MR) is 115 cm³/mol. The van der Waals surface area contributed by atoms with Crippen LogP contribution in [-0.2, 0) is 22.9 Å². The number of amides is 1. The molecule has 1 aliphatic rings. The van der Waals surface area contributed by atoms with Gasteiger partial charge in [-0.2, -0.15) is 0 Å². The van der Waals surface area contributed by atoms with Crippen molar-refractivity contribution in [2.75, 3.05) is 19.4 Å². The van der Waals surface area contributed by atoms with Gasteiger partial charge in [-0.15, -0.1) is 0 Å². The average Bonchev–Trinajstić information content (AvgIpc) is 3.05. The molecule has 1 heterocycles. The van der Waals surface area contributed by atoms with Crippen molar-refractivity contribution >= 4 is 32.5 Å². The van der Waals surface area contributed by atoms with E-state index in [9.17, 15) is 13.2 Å². The zero-order valence-corrected chi connectivity index (χ0v) is 17.6. The van der Waals surface area contributed by atoms with Crippen molar-refractivity contribution < 1.29 is 13.2 Å². The Morgan fingerprint density at radius 2 is 1.97 bits per heavy atom. The lowest BCUT2D eigenvalue weighted by Crippen LogP contribution is -2.22. The van der Waals surface area contributed by atoms with Gasteiger partial charge in [0.25, 0.3) is 5.91 Å². The lowest BCUT2D eigenvalue weighted by molar-refractivity contribution is 0.102. The number of benzene rings is 2. The number of nitrogens with zero attached hydrogens (tertiary/aromatic N) is 1. The number of aromatic amines is 1. The highest BCUT2D eigenvalue weighted by molar-refractivity contribution is 7.89. The number of carbonyl (C=O) groups excluding carboxylic acids is 1. The summed E-state index contributed by atoms with van der Waals surface area (Å²) in [5.41, 5.74) is 4.64. The Balaban J connectivity index is 1.62. The van der Waals surface area contributed by atoms with Gasteiger partial charge in [-0.25, -0.2) is 12.7 Å². The molecule has 1 atom stereocenters. The smallest absolute Gasteiger partial charge is 0.255 e. The lowest BCUT2D eigenvalue weighted by Gasteiger charge is -2.18. The first-order valence-electron chi connectivity index (χ1n) is 9.73. The second-order valence-corrected chi connectivity index (χ2v) is 10.1. The Hall–Kier alpha value is -2.64. The van der Waals surface area contributed by atoms with Crippen LogP contribution in [0.25, 0.3) is 10.9 Å². The zero-order chi connectivity index (χ0) is 20.8. The highest BCUT2D eigenvalue weighted by atomic mass is 32.2. The molecular formula is C22H25N3O3S. The van der Waals surface area contributed by atoms with Crippen LogP contribution in [0.2, 0.25) is 0 Å². The van der Waals surface area contributed by atoms with E-state index in [0.29, 0.717) is 17.2 Å². The molecule has 0 fully saturated rings. The molecule has 0 aliphatic heterocycles. The number of nitrogens with one attached hydrogen (secondary N) is 2. The van der Waals surface area contributed by atoms with Gasteiger partial charge in [0.15, 0.2) is 0 Å². The number of rotatable bonds is 4. The van der Waals surface area contributed by atoms with Crippen molar-refractivity contribution in [3.63, 3.8) is 0 Å². The fourth-order valence-electron chi connectivity index (χ4n) is 3.88. The third-order valence-electron chi connectivity index (χ3n) is 5.57. The molecule has 0 saturated heterocycles. The second kappa shape index (κ2) is 7.31. The molecule has 152 valence electrons.